The molecule has 0 amide bonds. The van der Waals surface area contributed by atoms with Crippen molar-refractivity contribution in [3.8, 4) is 17.1 Å². The van der Waals surface area contributed by atoms with Crippen molar-refractivity contribution in [1.29, 1.82) is 0 Å². The Morgan fingerprint density at radius 2 is 1.70 bits per heavy atom. The minimum Gasteiger partial charge on any atom is -0.496 e. The molecule has 0 fully saturated rings. The summed E-state index contributed by atoms with van der Waals surface area (Å²) in [4.78, 5) is 22.5. The molecule has 0 atom stereocenters. The third-order valence-electron chi connectivity index (χ3n) is 3.84. The average molecular weight is 310 g/mol. The van der Waals surface area contributed by atoms with E-state index < -0.39 is 0 Å². The Labute approximate surface area is 134 Å². The second-order valence-electron chi connectivity index (χ2n) is 5.38. The molecule has 23 heavy (non-hydrogen) atoms. The standard InChI is InChI=1S/C18H18N2O3/c1-11-9-13(10-12(2)16(11)22-3)17-19-15-8-6-5-7-14(15)18(21)20(17)23-4/h5-10H,1-4H3. The normalized spacial score (nSPS) is 10.8. The van der Waals surface area contributed by atoms with Crippen LogP contribution >= 0.6 is 0 Å². The number of hydrogen-bond donors (Lipinski definition) is 0. The summed E-state index contributed by atoms with van der Waals surface area (Å²) in [6, 6.07) is 11.1. The Bertz CT molecular complexity index is 922. The summed E-state index contributed by atoms with van der Waals surface area (Å²) in [5.41, 5.74) is 3.19. The van der Waals surface area contributed by atoms with E-state index in [1.54, 1.807) is 13.2 Å². The topological polar surface area (TPSA) is 53.3 Å². The number of hydrogen-bond acceptors (Lipinski definition) is 4. The van der Waals surface area contributed by atoms with Crippen molar-refractivity contribution in [2.45, 2.75) is 13.8 Å². The molecule has 0 bridgehead atoms. The van der Waals surface area contributed by atoms with Crippen LogP contribution in [0.5, 0.6) is 5.75 Å². The quantitative estimate of drug-likeness (QED) is 0.746. The van der Waals surface area contributed by atoms with Crippen molar-refractivity contribution in [1.82, 2.24) is 9.71 Å². The van der Waals surface area contributed by atoms with Crippen molar-refractivity contribution in [2.75, 3.05) is 14.2 Å². The van der Waals surface area contributed by atoms with Crippen LogP contribution in [0.25, 0.3) is 22.3 Å². The highest BCUT2D eigenvalue weighted by molar-refractivity contribution is 5.79. The molecule has 0 N–H and O–H groups in total. The van der Waals surface area contributed by atoms with Crippen LogP contribution in [-0.2, 0) is 0 Å². The van der Waals surface area contributed by atoms with Crippen LogP contribution in [0.1, 0.15) is 11.1 Å². The molecular weight excluding hydrogens is 292 g/mol. The summed E-state index contributed by atoms with van der Waals surface area (Å²) in [5, 5.41) is 0.528. The fraction of sp³-hybridized carbons (Fsp3) is 0.222. The van der Waals surface area contributed by atoms with E-state index in [9.17, 15) is 4.79 Å². The second-order valence-corrected chi connectivity index (χ2v) is 5.38. The van der Waals surface area contributed by atoms with Crippen LogP contribution in [0.3, 0.4) is 0 Å². The van der Waals surface area contributed by atoms with Gasteiger partial charge in [-0.1, -0.05) is 12.1 Å². The molecule has 0 radical (unpaired) electrons. The van der Waals surface area contributed by atoms with Crippen LogP contribution in [0.15, 0.2) is 41.2 Å². The molecule has 0 aliphatic carbocycles. The fourth-order valence-corrected chi connectivity index (χ4v) is 2.87. The van der Waals surface area contributed by atoms with Crippen LogP contribution in [0.2, 0.25) is 0 Å². The van der Waals surface area contributed by atoms with Gasteiger partial charge in [-0.15, -0.1) is 4.73 Å². The van der Waals surface area contributed by atoms with Gasteiger partial charge in [-0.2, -0.15) is 0 Å². The number of ether oxygens (including phenoxy) is 1. The maximum atomic E-state index is 12.6. The molecule has 1 aromatic heterocycles. The molecule has 2 aromatic carbocycles. The lowest BCUT2D eigenvalue weighted by atomic mass is 10.0. The predicted molar refractivity (Wildman–Crippen MR) is 90.0 cm³/mol. The molecule has 0 aliphatic rings. The number of methoxy groups -OCH3 is 1. The third kappa shape index (κ3) is 2.44. The van der Waals surface area contributed by atoms with Gasteiger partial charge in [0.2, 0.25) is 0 Å². The van der Waals surface area contributed by atoms with E-state index >= 15 is 0 Å². The van der Waals surface area contributed by atoms with Gasteiger partial charge in [-0.3, -0.25) is 4.79 Å². The average Bonchev–Trinajstić information content (AvgIpc) is 2.54. The lowest BCUT2D eigenvalue weighted by Gasteiger charge is -2.14. The first kappa shape index (κ1) is 15.1. The number of nitrogens with zero attached hydrogens (tertiary/aromatic N) is 2. The van der Waals surface area contributed by atoms with Crippen LogP contribution in [0, 0.1) is 13.8 Å². The Hall–Kier alpha value is -2.82. The predicted octanol–water partition coefficient (Wildman–Crippen LogP) is 2.75. The zero-order chi connectivity index (χ0) is 16.6. The molecule has 1 heterocycles. The van der Waals surface area contributed by atoms with E-state index in [4.69, 9.17) is 9.57 Å². The summed E-state index contributed by atoms with van der Waals surface area (Å²) in [5.74, 6) is 1.31. The van der Waals surface area contributed by atoms with Gasteiger partial charge in [0.05, 0.1) is 18.0 Å². The molecular formula is C18H18N2O3. The first-order valence-electron chi connectivity index (χ1n) is 7.28. The Kier molecular flexibility index (Phi) is 3.78. The number of fused-ring (bicyclic) bond motifs is 1. The van der Waals surface area contributed by atoms with Gasteiger partial charge >= 0.3 is 0 Å². The molecule has 3 aromatic rings. The largest absolute Gasteiger partial charge is 0.496 e. The molecule has 0 unspecified atom stereocenters. The number of rotatable bonds is 3. The van der Waals surface area contributed by atoms with Crippen molar-refractivity contribution >= 4 is 10.9 Å². The molecule has 0 saturated carbocycles. The highest BCUT2D eigenvalue weighted by Gasteiger charge is 2.15. The maximum Gasteiger partial charge on any atom is 0.294 e. The SMILES string of the molecule is COc1c(C)cc(-c2nc3ccccc3c(=O)n2OC)cc1C. The van der Waals surface area contributed by atoms with Crippen LogP contribution in [-0.4, -0.2) is 23.9 Å². The van der Waals surface area contributed by atoms with E-state index in [-0.39, 0.29) is 5.56 Å². The first-order valence-corrected chi connectivity index (χ1v) is 7.28. The van der Waals surface area contributed by atoms with Gasteiger partial charge in [0.25, 0.3) is 5.56 Å². The van der Waals surface area contributed by atoms with E-state index in [1.165, 1.54) is 11.8 Å². The second kappa shape index (κ2) is 5.76. The summed E-state index contributed by atoms with van der Waals surface area (Å²) < 4.78 is 6.62. The van der Waals surface area contributed by atoms with Gasteiger partial charge < -0.3 is 9.57 Å². The van der Waals surface area contributed by atoms with E-state index in [0.717, 1.165) is 22.4 Å². The Morgan fingerprint density at radius 3 is 2.30 bits per heavy atom. The number of para-hydroxylation sites is 1. The van der Waals surface area contributed by atoms with Crippen LogP contribution in [0.4, 0.5) is 0 Å². The lowest BCUT2D eigenvalue weighted by Crippen LogP contribution is -2.27. The number of aromatic nitrogens is 2. The smallest absolute Gasteiger partial charge is 0.294 e. The third-order valence-corrected chi connectivity index (χ3v) is 3.84. The van der Waals surface area contributed by atoms with E-state index in [0.29, 0.717) is 16.7 Å². The molecule has 118 valence electrons. The minimum absolute atomic E-state index is 0.223. The van der Waals surface area contributed by atoms with Gasteiger partial charge in [0, 0.05) is 5.56 Å². The Morgan fingerprint density at radius 1 is 1.04 bits per heavy atom. The fourth-order valence-electron chi connectivity index (χ4n) is 2.87. The van der Waals surface area contributed by atoms with E-state index in [2.05, 4.69) is 4.98 Å². The summed E-state index contributed by atoms with van der Waals surface area (Å²) in [6.07, 6.45) is 0. The minimum atomic E-state index is -0.223. The van der Waals surface area contributed by atoms with Gasteiger partial charge in [0.15, 0.2) is 5.82 Å². The monoisotopic (exact) mass is 310 g/mol. The number of aryl methyl sites for hydroxylation is 2. The van der Waals surface area contributed by atoms with Crippen LogP contribution < -0.4 is 15.1 Å². The maximum absolute atomic E-state index is 12.6. The summed E-state index contributed by atoms with van der Waals surface area (Å²) in [6.45, 7) is 3.93. The van der Waals surface area contributed by atoms with Gasteiger partial charge in [0.1, 0.15) is 12.9 Å². The molecule has 5 nitrogen and oxygen atoms in total. The van der Waals surface area contributed by atoms with Crippen molar-refractivity contribution < 1.29 is 9.57 Å². The highest BCUT2D eigenvalue weighted by atomic mass is 16.7. The molecule has 5 heteroatoms. The van der Waals surface area contributed by atoms with Crippen molar-refractivity contribution in [3.63, 3.8) is 0 Å². The molecule has 0 aliphatic heterocycles. The van der Waals surface area contributed by atoms with Crippen molar-refractivity contribution in [3.05, 3.63) is 57.9 Å². The summed E-state index contributed by atoms with van der Waals surface area (Å²) >= 11 is 0. The number of benzene rings is 2. The summed E-state index contributed by atoms with van der Waals surface area (Å²) in [7, 11) is 3.11. The van der Waals surface area contributed by atoms with E-state index in [1.807, 2.05) is 44.2 Å². The van der Waals surface area contributed by atoms with Gasteiger partial charge in [-0.05, 0) is 49.2 Å². The zero-order valence-electron chi connectivity index (χ0n) is 13.6. The lowest BCUT2D eigenvalue weighted by molar-refractivity contribution is 0.160. The van der Waals surface area contributed by atoms with Gasteiger partial charge in [-0.25, -0.2) is 4.98 Å². The zero-order valence-corrected chi connectivity index (χ0v) is 13.6. The first-order chi connectivity index (χ1) is 11.1. The highest BCUT2D eigenvalue weighted by Crippen LogP contribution is 2.29. The molecule has 0 spiro atoms. The van der Waals surface area contributed by atoms with Crippen molar-refractivity contribution in [2.24, 2.45) is 0 Å². The molecule has 3 rings (SSSR count). The molecule has 0 saturated heterocycles. The Balaban J connectivity index is 2.34.